The van der Waals surface area contributed by atoms with Gasteiger partial charge in [0.25, 0.3) is 5.91 Å². The predicted octanol–water partition coefficient (Wildman–Crippen LogP) is 3.33. The molecule has 1 aliphatic rings. The van der Waals surface area contributed by atoms with Gasteiger partial charge in [-0.2, -0.15) is 5.21 Å². The van der Waals surface area contributed by atoms with E-state index in [0.29, 0.717) is 37.6 Å². The molecule has 31 heavy (non-hydrogen) atoms. The second-order valence-electron chi connectivity index (χ2n) is 7.83. The van der Waals surface area contributed by atoms with Crippen molar-refractivity contribution in [3.05, 3.63) is 64.8 Å². The number of aromatic amines is 1. The van der Waals surface area contributed by atoms with Crippen LogP contribution in [0.3, 0.4) is 0 Å². The van der Waals surface area contributed by atoms with Crippen molar-refractivity contribution in [3.8, 4) is 0 Å². The van der Waals surface area contributed by atoms with Crippen LogP contribution >= 0.6 is 0 Å². The molecule has 1 fully saturated rings. The molecule has 0 aliphatic carbocycles. The third-order valence-corrected chi connectivity index (χ3v) is 5.73. The predicted molar refractivity (Wildman–Crippen MR) is 120 cm³/mol. The highest BCUT2D eigenvalue weighted by atomic mass is 16.2. The molecule has 0 bridgehead atoms. The minimum atomic E-state index is -0.147. The quantitative estimate of drug-likeness (QED) is 0.617. The van der Waals surface area contributed by atoms with Crippen molar-refractivity contribution in [2.75, 3.05) is 36.4 Å². The summed E-state index contributed by atoms with van der Waals surface area (Å²) >= 11 is 0. The van der Waals surface area contributed by atoms with Crippen molar-refractivity contribution >= 4 is 28.9 Å². The largest absolute Gasteiger partial charge is 0.368 e. The van der Waals surface area contributed by atoms with Crippen LogP contribution in [0.4, 0.5) is 17.2 Å². The first-order valence-corrected chi connectivity index (χ1v) is 10.3. The number of nitrogens with one attached hydrogen (secondary N) is 2. The average Bonchev–Trinajstić information content (AvgIpc) is 3.24. The van der Waals surface area contributed by atoms with Crippen LogP contribution < -0.4 is 10.2 Å². The lowest BCUT2D eigenvalue weighted by Crippen LogP contribution is -2.49. The number of Topliss-reactive ketones (excluding diaryl/α,β-unsaturated/α-hetero) is 1. The van der Waals surface area contributed by atoms with E-state index in [4.69, 9.17) is 0 Å². The van der Waals surface area contributed by atoms with Gasteiger partial charge in [-0.1, -0.05) is 6.07 Å². The highest BCUT2D eigenvalue weighted by Gasteiger charge is 2.26. The fourth-order valence-electron chi connectivity index (χ4n) is 3.65. The van der Waals surface area contributed by atoms with E-state index >= 15 is 0 Å². The summed E-state index contributed by atoms with van der Waals surface area (Å²) in [5.41, 5.74) is 5.27. The van der Waals surface area contributed by atoms with Crippen LogP contribution in [-0.4, -0.2) is 58.2 Å². The van der Waals surface area contributed by atoms with E-state index in [0.717, 1.165) is 16.9 Å². The summed E-state index contributed by atoms with van der Waals surface area (Å²) in [4.78, 5) is 28.5. The molecule has 2 heterocycles. The molecule has 8 nitrogen and oxygen atoms in total. The smallest absolute Gasteiger partial charge is 0.278 e. The molecular formula is C23H26N6O2. The second kappa shape index (κ2) is 8.59. The van der Waals surface area contributed by atoms with Crippen LogP contribution in [0, 0.1) is 13.8 Å². The first-order chi connectivity index (χ1) is 14.9. The number of H-pyrrole nitrogens is 1. The molecule has 0 atom stereocenters. The third kappa shape index (κ3) is 4.42. The summed E-state index contributed by atoms with van der Waals surface area (Å²) in [6, 6.07) is 13.6. The Labute approximate surface area is 181 Å². The first kappa shape index (κ1) is 20.6. The molecule has 1 aromatic heterocycles. The molecule has 160 valence electrons. The standard InChI is InChI=1S/C23H26N6O2/c1-15-4-7-19(14-16(15)2)24-22-21(25-27-26-22)23(31)29-12-10-28(11-13-29)20-8-5-18(6-9-20)17(3)30/h4-9,14H,10-13H2,1-3H3,(H2,24,25,26,27). The number of carbonyl (C=O) groups excluding carboxylic acids is 2. The Hall–Kier alpha value is -3.68. The molecule has 0 spiro atoms. The van der Waals surface area contributed by atoms with E-state index in [-0.39, 0.29) is 17.4 Å². The van der Waals surface area contributed by atoms with Crippen LogP contribution in [0.25, 0.3) is 0 Å². The number of hydrogen-bond acceptors (Lipinski definition) is 6. The van der Waals surface area contributed by atoms with Gasteiger partial charge in [0.05, 0.1) is 0 Å². The Morgan fingerprint density at radius 3 is 2.29 bits per heavy atom. The number of anilines is 3. The van der Waals surface area contributed by atoms with E-state index < -0.39 is 0 Å². The van der Waals surface area contributed by atoms with Crippen LogP contribution in [0.15, 0.2) is 42.5 Å². The van der Waals surface area contributed by atoms with Crippen molar-refractivity contribution in [2.24, 2.45) is 0 Å². The SMILES string of the molecule is CC(=O)c1ccc(N2CCN(C(=O)c3n[nH]nc3Nc3ccc(C)c(C)c3)CC2)cc1. The minimum Gasteiger partial charge on any atom is -0.368 e. The van der Waals surface area contributed by atoms with Crippen LogP contribution in [0.2, 0.25) is 0 Å². The van der Waals surface area contributed by atoms with Crippen LogP contribution in [0.1, 0.15) is 38.9 Å². The van der Waals surface area contributed by atoms with Crippen LogP contribution in [-0.2, 0) is 0 Å². The molecule has 4 rings (SSSR count). The fraction of sp³-hybridized carbons (Fsp3) is 0.304. The topological polar surface area (TPSA) is 94.2 Å². The summed E-state index contributed by atoms with van der Waals surface area (Å²) < 4.78 is 0. The molecular weight excluding hydrogens is 392 g/mol. The van der Waals surface area contributed by atoms with E-state index in [1.807, 2.05) is 49.4 Å². The number of hydrogen-bond donors (Lipinski definition) is 2. The summed E-state index contributed by atoms with van der Waals surface area (Å²) in [6.45, 7) is 8.26. The number of piperazine rings is 1. The van der Waals surface area contributed by atoms with Crippen molar-refractivity contribution < 1.29 is 9.59 Å². The van der Waals surface area contributed by atoms with Gasteiger partial charge in [0.2, 0.25) is 0 Å². The van der Waals surface area contributed by atoms with Gasteiger partial charge in [0.1, 0.15) is 0 Å². The minimum absolute atomic E-state index is 0.0554. The van der Waals surface area contributed by atoms with Gasteiger partial charge in [-0.15, -0.1) is 10.2 Å². The maximum absolute atomic E-state index is 13.1. The monoisotopic (exact) mass is 418 g/mol. The number of aryl methyl sites for hydroxylation is 2. The molecule has 1 saturated heterocycles. The summed E-state index contributed by atoms with van der Waals surface area (Å²) in [6.07, 6.45) is 0. The molecule has 0 radical (unpaired) electrons. The number of amides is 1. The van der Waals surface area contributed by atoms with Gasteiger partial charge in [-0.05, 0) is 68.3 Å². The van der Waals surface area contributed by atoms with Crippen molar-refractivity contribution in [3.63, 3.8) is 0 Å². The van der Waals surface area contributed by atoms with Gasteiger partial charge in [0.15, 0.2) is 17.3 Å². The zero-order valence-electron chi connectivity index (χ0n) is 18.0. The first-order valence-electron chi connectivity index (χ1n) is 10.3. The molecule has 2 aromatic carbocycles. The average molecular weight is 419 g/mol. The maximum atomic E-state index is 13.1. The number of carbonyl (C=O) groups is 2. The lowest BCUT2D eigenvalue weighted by molar-refractivity contribution is 0.0741. The molecule has 0 saturated carbocycles. The van der Waals surface area contributed by atoms with E-state index in [2.05, 4.69) is 32.6 Å². The molecule has 1 aliphatic heterocycles. The fourth-order valence-corrected chi connectivity index (χ4v) is 3.65. The Kier molecular flexibility index (Phi) is 5.70. The third-order valence-electron chi connectivity index (χ3n) is 5.73. The second-order valence-corrected chi connectivity index (χ2v) is 7.83. The number of rotatable bonds is 5. The van der Waals surface area contributed by atoms with Gasteiger partial charge < -0.3 is 15.1 Å². The summed E-state index contributed by atoms with van der Waals surface area (Å²) in [5, 5.41) is 14.0. The maximum Gasteiger partial charge on any atom is 0.278 e. The number of ketones is 1. The highest BCUT2D eigenvalue weighted by Crippen LogP contribution is 2.22. The lowest BCUT2D eigenvalue weighted by Gasteiger charge is -2.35. The van der Waals surface area contributed by atoms with Crippen LogP contribution in [0.5, 0.6) is 0 Å². The van der Waals surface area contributed by atoms with Gasteiger partial charge in [-0.3, -0.25) is 9.59 Å². The molecule has 3 aromatic rings. The highest BCUT2D eigenvalue weighted by molar-refractivity contribution is 5.97. The van der Waals surface area contributed by atoms with Gasteiger partial charge in [0, 0.05) is 43.1 Å². The van der Waals surface area contributed by atoms with Crippen molar-refractivity contribution in [1.29, 1.82) is 0 Å². The molecule has 8 heteroatoms. The molecule has 2 N–H and O–H groups in total. The number of nitrogens with zero attached hydrogens (tertiary/aromatic N) is 4. The number of benzene rings is 2. The number of aromatic nitrogens is 3. The zero-order chi connectivity index (χ0) is 22.0. The Morgan fingerprint density at radius 1 is 0.935 bits per heavy atom. The van der Waals surface area contributed by atoms with Gasteiger partial charge >= 0.3 is 0 Å². The van der Waals surface area contributed by atoms with Gasteiger partial charge in [-0.25, -0.2) is 0 Å². The molecule has 1 amide bonds. The Morgan fingerprint density at radius 2 is 1.65 bits per heavy atom. The van der Waals surface area contributed by atoms with E-state index in [1.165, 1.54) is 5.56 Å². The van der Waals surface area contributed by atoms with Crippen molar-refractivity contribution in [2.45, 2.75) is 20.8 Å². The van der Waals surface area contributed by atoms with Crippen molar-refractivity contribution in [1.82, 2.24) is 20.3 Å². The normalized spacial score (nSPS) is 13.9. The zero-order valence-corrected chi connectivity index (χ0v) is 18.0. The molecule has 0 unspecified atom stereocenters. The summed E-state index contributed by atoms with van der Waals surface area (Å²) in [7, 11) is 0. The summed E-state index contributed by atoms with van der Waals surface area (Å²) in [5.74, 6) is 0.335. The Bertz CT molecular complexity index is 1100. The Balaban J connectivity index is 1.40. The van der Waals surface area contributed by atoms with E-state index in [1.54, 1.807) is 11.8 Å². The lowest BCUT2D eigenvalue weighted by atomic mass is 10.1. The van der Waals surface area contributed by atoms with E-state index in [9.17, 15) is 9.59 Å².